The smallest absolute Gasteiger partial charge is 0.208 e. The molecule has 2 rings (SSSR count). The Labute approximate surface area is 86.8 Å². The lowest BCUT2D eigenvalue weighted by molar-refractivity contribution is 0.0992. The highest BCUT2D eigenvalue weighted by atomic mass is 32.2. The van der Waals surface area contributed by atoms with Gasteiger partial charge < -0.3 is 0 Å². The molecule has 1 aliphatic carbocycles. The molecule has 0 fully saturated rings. The number of aryl methyl sites for hydroxylation is 1. The second-order valence-corrected chi connectivity index (χ2v) is 5.32. The van der Waals surface area contributed by atoms with Crippen molar-refractivity contribution in [3.05, 3.63) is 29.3 Å². The lowest BCUT2D eigenvalue weighted by Crippen LogP contribution is -2.08. The Bertz CT molecular complexity index is 519. The van der Waals surface area contributed by atoms with E-state index in [0.717, 1.165) is 0 Å². The SMILES string of the molecule is O=C1CCc2cccc(S(=O)(=O)CF)c21. The van der Waals surface area contributed by atoms with Crippen LogP contribution in [0.5, 0.6) is 0 Å². The minimum Gasteiger partial charge on any atom is -0.294 e. The van der Waals surface area contributed by atoms with E-state index in [-0.39, 0.29) is 16.2 Å². The minimum atomic E-state index is -3.94. The molecule has 0 amide bonds. The fraction of sp³-hybridized carbons (Fsp3) is 0.300. The first-order chi connectivity index (χ1) is 7.06. The van der Waals surface area contributed by atoms with Gasteiger partial charge in [0.15, 0.2) is 11.8 Å². The number of benzene rings is 1. The van der Waals surface area contributed by atoms with Crippen molar-refractivity contribution in [3.8, 4) is 0 Å². The molecule has 0 saturated carbocycles. The molecule has 0 radical (unpaired) electrons. The lowest BCUT2D eigenvalue weighted by Gasteiger charge is -2.05. The summed E-state index contributed by atoms with van der Waals surface area (Å²) < 4.78 is 35.1. The van der Waals surface area contributed by atoms with E-state index < -0.39 is 15.8 Å². The van der Waals surface area contributed by atoms with Gasteiger partial charge in [0.05, 0.1) is 4.90 Å². The van der Waals surface area contributed by atoms with Gasteiger partial charge in [-0.25, -0.2) is 12.8 Å². The molecular formula is C10H9FO3S. The van der Waals surface area contributed by atoms with Gasteiger partial charge in [0.25, 0.3) is 0 Å². The molecule has 0 heterocycles. The van der Waals surface area contributed by atoms with Crippen LogP contribution in [0, 0.1) is 0 Å². The van der Waals surface area contributed by atoms with Crippen molar-refractivity contribution >= 4 is 15.6 Å². The molecule has 0 spiro atoms. The molecule has 0 N–H and O–H groups in total. The number of halogens is 1. The van der Waals surface area contributed by atoms with Crippen LogP contribution in [0.4, 0.5) is 4.39 Å². The number of ketones is 1. The number of carbonyl (C=O) groups excluding carboxylic acids is 1. The molecule has 15 heavy (non-hydrogen) atoms. The Morgan fingerprint density at radius 3 is 2.67 bits per heavy atom. The van der Waals surface area contributed by atoms with Crippen LogP contribution in [0.15, 0.2) is 23.1 Å². The van der Waals surface area contributed by atoms with Crippen LogP contribution < -0.4 is 0 Å². The molecule has 0 unspecified atom stereocenters. The summed E-state index contributed by atoms with van der Waals surface area (Å²) in [5.74, 6) is -0.211. The second-order valence-electron chi connectivity index (χ2n) is 3.44. The van der Waals surface area contributed by atoms with Crippen molar-refractivity contribution in [2.24, 2.45) is 0 Å². The summed E-state index contributed by atoms with van der Waals surface area (Å²) in [5, 5.41) is 0. The third kappa shape index (κ3) is 1.56. The van der Waals surface area contributed by atoms with Gasteiger partial charge in [-0.1, -0.05) is 12.1 Å². The fourth-order valence-electron chi connectivity index (χ4n) is 1.79. The van der Waals surface area contributed by atoms with Gasteiger partial charge in [-0.15, -0.1) is 0 Å². The highest BCUT2D eigenvalue weighted by Gasteiger charge is 2.28. The van der Waals surface area contributed by atoms with E-state index in [1.54, 1.807) is 12.1 Å². The summed E-state index contributed by atoms with van der Waals surface area (Å²) in [6.07, 6.45) is 0.859. The van der Waals surface area contributed by atoms with E-state index in [1.165, 1.54) is 6.07 Å². The summed E-state index contributed by atoms with van der Waals surface area (Å²) in [4.78, 5) is 11.3. The van der Waals surface area contributed by atoms with Crippen molar-refractivity contribution in [1.82, 2.24) is 0 Å². The summed E-state index contributed by atoms with van der Waals surface area (Å²) in [7, 11) is -3.94. The Balaban J connectivity index is 2.70. The van der Waals surface area contributed by atoms with Crippen LogP contribution >= 0.6 is 0 Å². The van der Waals surface area contributed by atoms with Crippen molar-refractivity contribution in [3.63, 3.8) is 0 Å². The Hall–Kier alpha value is -1.23. The molecule has 0 bridgehead atoms. The van der Waals surface area contributed by atoms with Gasteiger partial charge in [-0.2, -0.15) is 0 Å². The van der Waals surface area contributed by atoms with Crippen molar-refractivity contribution in [1.29, 1.82) is 0 Å². The molecule has 5 heteroatoms. The molecule has 1 aliphatic rings. The third-order valence-electron chi connectivity index (χ3n) is 2.49. The van der Waals surface area contributed by atoms with Crippen LogP contribution in [0.25, 0.3) is 0 Å². The average Bonchev–Trinajstić information content (AvgIpc) is 2.60. The van der Waals surface area contributed by atoms with Crippen LogP contribution in [0.1, 0.15) is 22.3 Å². The number of rotatable bonds is 2. The second kappa shape index (κ2) is 3.41. The number of hydrogen-bond donors (Lipinski definition) is 0. The molecule has 0 saturated heterocycles. The van der Waals surface area contributed by atoms with Gasteiger partial charge in [0.2, 0.25) is 9.84 Å². The standard InChI is InChI=1S/C10H9FO3S/c11-6-15(13,14)9-3-1-2-7-4-5-8(12)10(7)9/h1-3H,4-6H2. The van der Waals surface area contributed by atoms with Gasteiger partial charge >= 0.3 is 0 Å². The van der Waals surface area contributed by atoms with Gasteiger partial charge in [0.1, 0.15) is 0 Å². The Kier molecular flexibility index (Phi) is 2.34. The number of carbonyl (C=O) groups is 1. The van der Waals surface area contributed by atoms with Crippen molar-refractivity contribution < 1.29 is 17.6 Å². The van der Waals surface area contributed by atoms with E-state index in [4.69, 9.17) is 0 Å². The summed E-state index contributed by atoms with van der Waals surface area (Å²) in [6.45, 7) is 0. The number of alkyl halides is 1. The molecule has 0 aromatic heterocycles. The average molecular weight is 228 g/mol. The minimum absolute atomic E-state index is 0.162. The quantitative estimate of drug-likeness (QED) is 0.771. The van der Waals surface area contributed by atoms with Crippen LogP contribution in [0.3, 0.4) is 0 Å². The first-order valence-electron chi connectivity index (χ1n) is 4.50. The molecule has 3 nitrogen and oxygen atoms in total. The number of Topliss-reactive ketones (excluding diaryl/α,β-unsaturated/α-hetero) is 1. The third-order valence-corrected chi connectivity index (χ3v) is 3.79. The normalized spacial score (nSPS) is 15.4. The maximum Gasteiger partial charge on any atom is 0.208 e. The molecule has 1 aromatic rings. The number of sulfone groups is 1. The maximum absolute atomic E-state index is 12.4. The predicted molar refractivity (Wildman–Crippen MR) is 52.3 cm³/mol. The Morgan fingerprint density at radius 1 is 1.27 bits per heavy atom. The van der Waals surface area contributed by atoms with Gasteiger partial charge in [-0.05, 0) is 18.1 Å². The van der Waals surface area contributed by atoms with Gasteiger partial charge in [0, 0.05) is 12.0 Å². The topological polar surface area (TPSA) is 51.2 Å². The molecule has 1 aromatic carbocycles. The lowest BCUT2D eigenvalue weighted by atomic mass is 10.1. The number of hydrogen-bond acceptors (Lipinski definition) is 3. The monoisotopic (exact) mass is 228 g/mol. The largest absolute Gasteiger partial charge is 0.294 e. The first kappa shape index (κ1) is 10.3. The molecule has 0 aliphatic heterocycles. The summed E-state index contributed by atoms with van der Waals surface area (Å²) >= 11 is 0. The Morgan fingerprint density at radius 2 is 2.00 bits per heavy atom. The molecule has 0 atom stereocenters. The van der Waals surface area contributed by atoms with Gasteiger partial charge in [-0.3, -0.25) is 4.79 Å². The van der Waals surface area contributed by atoms with E-state index in [2.05, 4.69) is 0 Å². The van der Waals surface area contributed by atoms with Crippen LogP contribution in [-0.4, -0.2) is 20.2 Å². The number of fused-ring (bicyclic) bond motifs is 1. The van der Waals surface area contributed by atoms with Crippen molar-refractivity contribution in [2.45, 2.75) is 17.7 Å². The zero-order chi connectivity index (χ0) is 11.1. The van der Waals surface area contributed by atoms with E-state index in [9.17, 15) is 17.6 Å². The maximum atomic E-state index is 12.4. The first-order valence-corrected chi connectivity index (χ1v) is 6.15. The summed E-state index contributed by atoms with van der Waals surface area (Å²) in [6, 6.07) is 3.07. The summed E-state index contributed by atoms with van der Waals surface area (Å²) in [5.41, 5.74) is 0.893. The molecule has 80 valence electrons. The highest BCUT2D eigenvalue weighted by molar-refractivity contribution is 7.91. The van der Waals surface area contributed by atoms with Crippen LogP contribution in [0.2, 0.25) is 0 Å². The zero-order valence-electron chi connectivity index (χ0n) is 7.86. The van der Waals surface area contributed by atoms with E-state index >= 15 is 0 Å². The predicted octanol–water partition coefficient (Wildman–Crippen LogP) is 1.52. The zero-order valence-corrected chi connectivity index (χ0v) is 8.68. The van der Waals surface area contributed by atoms with E-state index in [0.29, 0.717) is 18.4 Å². The highest BCUT2D eigenvalue weighted by Crippen LogP contribution is 2.28. The van der Waals surface area contributed by atoms with Crippen molar-refractivity contribution in [2.75, 3.05) is 6.01 Å². The fourth-order valence-corrected chi connectivity index (χ4v) is 2.75. The van der Waals surface area contributed by atoms with E-state index in [1.807, 2.05) is 0 Å². The molecular weight excluding hydrogens is 219 g/mol. The van der Waals surface area contributed by atoms with Crippen LogP contribution in [-0.2, 0) is 16.3 Å².